The number of carbonyl (C=O) groups excluding carboxylic acids is 2. The van der Waals surface area contributed by atoms with Gasteiger partial charge in [-0.25, -0.2) is 14.6 Å². The Morgan fingerprint density at radius 1 is 1.09 bits per heavy atom. The van der Waals surface area contributed by atoms with Crippen LogP contribution in [0.25, 0.3) is 0 Å². The molecule has 0 atom stereocenters. The Morgan fingerprint density at radius 3 is 2.32 bits per heavy atom. The number of rotatable bonds is 13. The van der Waals surface area contributed by atoms with Crippen LogP contribution in [0.1, 0.15) is 46.5 Å². The van der Waals surface area contributed by atoms with Gasteiger partial charge in [0.25, 0.3) is 0 Å². The molecule has 1 amide bonds. The lowest BCUT2D eigenvalue weighted by molar-refractivity contribution is -0.923. The first kappa shape index (κ1) is 20.6. The highest BCUT2D eigenvalue weighted by Gasteiger charge is 2.20. The normalized spacial score (nSPS) is 10.9. The van der Waals surface area contributed by atoms with Gasteiger partial charge >= 0.3 is 6.09 Å². The van der Waals surface area contributed by atoms with Crippen molar-refractivity contribution < 1.29 is 18.8 Å². The minimum Gasteiger partial charge on any atom is -0.444 e. The number of hydrogen-bond acceptors (Lipinski definition) is 4. The number of quaternary nitrogens is 1. The zero-order chi connectivity index (χ0) is 16.7. The van der Waals surface area contributed by atoms with Crippen LogP contribution in [-0.4, -0.2) is 62.5 Å². The van der Waals surface area contributed by atoms with Gasteiger partial charge in [0.1, 0.15) is 13.2 Å². The average Bonchev–Trinajstić information content (AvgIpc) is 2.54. The van der Waals surface area contributed by atoms with E-state index in [1.54, 1.807) is 0 Å². The van der Waals surface area contributed by atoms with Crippen LogP contribution in [-0.2, 0) is 9.53 Å². The molecule has 0 aliphatic rings. The van der Waals surface area contributed by atoms with Crippen molar-refractivity contribution >= 4 is 12.2 Å². The third-order valence-corrected chi connectivity index (χ3v) is 4.34. The minimum absolute atomic E-state index is 0.327. The number of alkyl carbamates (subject to hydrolysis) is 1. The fraction of sp³-hybridized carbons (Fsp3) is 0.875. The number of nitrogens with one attached hydrogen (secondary N) is 1. The van der Waals surface area contributed by atoms with Crippen molar-refractivity contribution in [3.63, 3.8) is 0 Å². The Morgan fingerprint density at radius 2 is 1.73 bits per heavy atom. The first-order valence-corrected chi connectivity index (χ1v) is 8.43. The number of unbranched alkanes of at least 4 members (excludes halogenated alkanes) is 3. The maximum absolute atomic E-state index is 11.6. The van der Waals surface area contributed by atoms with E-state index in [9.17, 15) is 9.59 Å². The van der Waals surface area contributed by atoms with Gasteiger partial charge in [-0.05, 0) is 33.6 Å². The molecule has 0 saturated heterocycles. The van der Waals surface area contributed by atoms with Gasteiger partial charge in [-0.15, -0.1) is 0 Å². The highest BCUT2D eigenvalue weighted by molar-refractivity contribution is 5.66. The first-order valence-electron chi connectivity index (χ1n) is 8.43. The van der Waals surface area contributed by atoms with Gasteiger partial charge in [0.15, 0.2) is 0 Å². The average molecular weight is 314 g/mol. The standard InChI is InChI=1S/C16H31N3O3/c1-4-19(5-2,6-3)13-14-22-16(21)18-12-10-8-7-9-11-17-15-20/h4-14H2,1-3H3/p+1. The molecular weight excluding hydrogens is 282 g/mol. The summed E-state index contributed by atoms with van der Waals surface area (Å²) in [5.74, 6) is 0. The lowest BCUT2D eigenvalue weighted by atomic mass is 10.2. The molecular formula is C16H32N3O3+. The second-order valence-corrected chi connectivity index (χ2v) is 5.46. The van der Waals surface area contributed by atoms with Crippen LogP contribution in [0, 0.1) is 0 Å². The fourth-order valence-electron chi connectivity index (χ4n) is 2.43. The highest BCUT2D eigenvalue weighted by Crippen LogP contribution is 2.05. The molecule has 0 aromatic rings. The molecule has 0 aromatic heterocycles. The van der Waals surface area contributed by atoms with Crippen LogP contribution >= 0.6 is 0 Å². The number of ether oxygens (including phenoxy) is 1. The van der Waals surface area contributed by atoms with Gasteiger partial charge in [-0.3, -0.25) is 0 Å². The first-order chi connectivity index (χ1) is 10.6. The van der Waals surface area contributed by atoms with Gasteiger partial charge in [0.2, 0.25) is 6.08 Å². The number of likely N-dealkylation sites (N-methyl/N-ethyl adjacent to an activating group) is 1. The maximum Gasteiger partial charge on any atom is 0.407 e. The third-order valence-electron chi connectivity index (χ3n) is 4.34. The van der Waals surface area contributed by atoms with Crippen molar-refractivity contribution in [2.24, 2.45) is 4.99 Å². The van der Waals surface area contributed by atoms with E-state index in [1.807, 2.05) is 0 Å². The van der Waals surface area contributed by atoms with Crippen molar-refractivity contribution in [1.82, 2.24) is 5.32 Å². The molecule has 0 unspecified atom stereocenters. The predicted octanol–water partition coefficient (Wildman–Crippen LogP) is 2.49. The smallest absolute Gasteiger partial charge is 0.407 e. The molecule has 0 aromatic carbocycles. The largest absolute Gasteiger partial charge is 0.444 e. The molecule has 22 heavy (non-hydrogen) atoms. The van der Waals surface area contributed by atoms with E-state index in [0.717, 1.165) is 56.3 Å². The zero-order valence-electron chi connectivity index (χ0n) is 14.4. The van der Waals surface area contributed by atoms with Gasteiger partial charge in [0.05, 0.1) is 26.2 Å². The number of aliphatic imine (C=N–C) groups is 1. The molecule has 6 heteroatoms. The summed E-state index contributed by atoms with van der Waals surface area (Å²) >= 11 is 0. The predicted molar refractivity (Wildman–Crippen MR) is 87.6 cm³/mol. The minimum atomic E-state index is -0.327. The summed E-state index contributed by atoms with van der Waals surface area (Å²) in [4.78, 5) is 24.9. The van der Waals surface area contributed by atoms with E-state index < -0.39 is 0 Å². The maximum atomic E-state index is 11.6. The topological polar surface area (TPSA) is 67.8 Å². The van der Waals surface area contributed by atoms with Crippen molar-refractivity contribution in [2.45, 2.75) is 46.5 Å². The van der Waals surface area contributed by atoms with Gasteiger partial charge in [-0.2, -0.15) is 0 Å². The summed E-state index contributed by atoms with van der Waals surface area (Å²) < 4.78 is 6.22. The van der Waals surface area contributed by atoms with Crippen molar-refractivity contribution in [3.8, 4) is 0 Å². The van der Waals surface area contributed by atoms with Crippen molar-refractivity contribution in [1.29, 1.82) is 0 Å². The molecule has 0 bridgehead atoms. The van der Waals surface area contributed by atoms with E-state index in [0.29, 0.717) is 19.7 Å². The Kier molecular flexibility index (Phi) is 12.4. The second-order valence-electron chi connectivity index (χ2n) is 5.46. The molecule has 0 spiro atoms. The Labute approximate surface area is 134 Å². The third kappa shape index (κ3) is 9.53. The second kappa shape index (κ2) is 13.3. The monoisotopic (exact) mass is 314 g/mol. The summed E-state index contributed by atoms with van der Waals surface area (Å²) in [5, 5.41) is 2.77. The van der Waals surface area contributed by atoms with Gasteiger partial charge < -0.3 is 14.5 Å². The zero-order valence-corrected chi connectivity index (χ0v) is 14.4. The van der Waals surface area contributed by atoms with Crippen LogP contribution in [0.15, 0.2) is 4.99 Å². The Hall–Kier alpha value is -1.39. The summed E-state index contributed by atoms with van der Waals surface area (Å²) in [6, 6.07) is 0. The van der Waals surface area contributed by atoms with Crippen LogP contribution in [0.4, 0.5) is 4.79 Å². The Bertz CT molecular complexity index is 329. The molecule has 1 N–H and O–H groups in total. The van der Waals surface area contributed by atoms with Crippen molar-refractivity contribution in [2.75, 3.05) is 45.9 Å². The van der Waals surface area contributed by atoms with Crippen LogP contribution in [0.3, 0.4) is 0 Å². The highest BCUT2D eigenvalue weighted by atomic mass is 16.5. The number of hydrogen-bond donors (Lipinski definition) is 1. The molecule has 128 valence electrons. The number of nitrogens with zero attached hydrogens (tertiary/aromatic N) is 2. The summed E-state index contributed by atoms with van der Waals surface area (Å²) in [6.45, 7) is 12.2. The van der Waals surface area contributed by atoms with Gasteiger partial charge in [-0.1, -0.05) is 12.8 Å². The summed E-state index contributed by atoms with van der Waals surface area (Å²) in [7, 11) is 0. The van der Waals surface area contributed by atoms with E-state index >= 15 is 0 Å². The molecule has 0 aliphatic carbocycles. The summed E-state index contributed by atoms with van der Waals surface area (Å²) in [5.41, 5.74) is 0. The lowest BCUT2D eigenvalue weighted by Crippen LogP contribution is -2.50. The summed E-state index contributed by atoms with van der Waals surface area (Å²) in [6.07, 6.45) is 5.03. The number of carbonyl (C=O) groups is 1. The molecule has 0 rings (SSSR count). The quantitative estimate of drug-likeness (QED) is 0.246. The van der Waals surface area contributed by atoms with E-state index in [-0.39, 0.29) is 6.09 Å². The molecule has 0 saturated carbocycles. The number of isocyanates is 1. The molecule has 0 aliphatic heterocycles. The lowest BCUT2D eigenvalue weighted by Gasteiger charge is -2.35. The number of amides is 1. The van der Waals surface area contributed by atoms with Crippen LogP contribution in [0.2, 0.25) is 0 Å². The van der Waals surface area contributed by atoms with Crippen LogP contribution < -0.4 is 5.32 Å². The van der Waals surface area contributed by atoms with E-state index in [1.165, 1.54) is 6.08 Å². The fourth-order valence-corrected chi connectivity index (χ4v) is 2.43. The van der Waals surface area contributed by atoms with E-state index in [2.05, 4.69) is 31.1 Å². The van der Waals surface area contributed by atoms with Crippen LogP contribution in [0.5, 0.6) is 0 Å². The Balaban J connectivity index is 3.60. The van der Waals surface area contributed by atoms with E-state index in [4.69, 9.17) is 4.74 Å². The molecule has 6 nitrogen and oxygen atoms in total. The molecule has 0 heterocycles. The van der Waals surface area contributed by atoms with Gasteiger partial charge in [0, 0.05) is 6.54 Å². The molecule has 0 fully saturated rings. The SMILES string of the molecule is CC[N+](CC)(CC)CCOC(=O)NCCCCCCN=C=O. The molecule has 0 radical (unpaired) electrons. The van der Waals surface area contributed by atoms with Crippen molar-refractivity contribution in [3.05, 3.63) is 0 Å².